The molecule has 4 nitrogen and oxygen atoms in total. The number of carbonyl (C=O) groups is 2. The first-order valence-corrected chi connectivity index (χ1v) is 7.33. The molecule has 0 radical (unpaired) electrons. The van der Waals surface area contributed by atoms with Crippen molar-refractivity contribution in [3.8, 4) is 0 Å². The number of aryl methyl sites for hydroxylation is 2. The average Bonchev–Trinajstić information content (AvgIpc) is 2.87. The summed E-state index contributed by atoms with van der Waals surface area (Å²) in [6.07, 6.45) is 1.52. The van der Waals surface area contributed by atoms with Gasteiger partial charge in [-0.3, -0.25) is 4.79 Å². The van der Waals surface area contributed by atoms with E-state index in [2.05, 4.69) is 0 Å². The lowest BCUT2D eigenvalue weighted by Crippen LogP contribution is -2.27. The van der Waals surface area contributed by atoms with Gasteiger partial charge in [-0.05, 0) is 19.9 Å². The first kappa shape index (κ1) is 15.0. The molecule has 0 aliphatic carbocycles. The highest BCUT2D eigenvalue weighted by atomic mass is 16.6. The summed E-state index contributed by atoms with van der Waals surface area (Å²) < 4.78 is 5.64. The maximum absolute atomic E-state index is 12.1. The molecule has 2 aromatic carbocycles. The van der Waals surface area contributed by atoms with Gasteiger partial charge in [0.2, 0.25) is 0 Å². The molecule has 0 saturated heterocycles. The molecule has 3 rings (SSSR count). The van der Waals surface area contributed by atoms with Gasteiger partial charge in [0.05, 0.1) is 0 Å². The highest BCUT2D eigenvalue weighted by Crippen LogP contribution is 2.41. The summed E-state index contributed by atoms with van der Waals surface area (Å²) in [7, 11) is 0. The summed E-state index contributed by atoms with van der Waals surface area (Å²) >= 11 is 0. The number of cyclic esters (lactones) is 1. The number of hydrogen-bond acceptors (Lipinski definition) is 3. The lowest BCUT2D eigenvalue weighted by Gasteiger charge is -2.28. The van der Waals surface area contributed by atoms with Gasteiger partial charge in [0, 0.05) is 11.1 Å². The third kappa shape index (κ3) is 2.52. The van der Waals surface area contributed by atoms with Crippen LogP contribution >= 0.6 is 0 Å². The first-order valence-electron chi connectivity index (χ1n) is 7.33. The van der Waals surface area contributed by atoms with E-state index in [9.17, 15) is 9.59 Å². The van der Waals surface area contributed by atoms with E-state index in [0.717, 1.165) is 22.3 Å². The number of hydrogen-bond donors (Lipinski definition) is 1. The molecule has 2 aromatic rings. The molecule has 0 bridgehead atoms. The second-order valence-corrected chi connectivity index (χ2v) is 5.78. The lowest BCUT2D eigenvalue weighted by molar-refractivity contribution is -0.145. The quantitative estimate of drug-likeness (QED) is 0.699. The number of ether oxygens (including phenoxy) is 1. The van der Waals surface area contributed by atoms with Crippen LogP contribution in [-0.2, 0) is 19.9 Å². The predicted molar refractivity (Wildman–Crippen MR) is 86.5 cm³/mol. The van der Waals surface area contributed by atoms with Crippen molar-refractivity contribution in [1.29, 1.82) is 0 Å². The smallest absolute Gasteiger partial charge is 0.345 e. The summed E-state index contributed by atoms with van der Waals surface area (Å²) in [6.45, 7) is 3.96. The number of benzene rings is 2. The highest BCUT2D eigenvalue weighted by Gasteiger charge is 2.44. The topological polar surface area (TPSA) is 69.4 Å². The van der Waals surface area contributed by atoms with Crippen molar-refractivity contribution in [3.63, 3.8) is 0 Å². The van der Waals surface area contributed by atoms with Gasteiger partial charge in [-0.1, -0.05) is 59.7 Å². The van der Waals surface area contributed by atoms with Gasteiger partial charge in [0.15, 0.2) is 5.60 Å². The van der Waals surface area contributed by atoms with Crippen LogP contribution in [0.5, 0.6) is 0 Å². The number of nitrogens with two attached hydrogens (primary N) is 1. The summed E-state index contributed by atoms with van der Waals surface area (Å²) in [5.41, 5.74) is 7.80. The molecule has 4 heteroatoms. The minimum atomic E-state index is -1.12. The van der Waals surface area contributed by atoms with Crippen molar-refractivity contribution in [2.45, 2.75) is 19.4 Å². The zero-order valence-electron chi connectivity index (χ0n) is 13.0. The Balaban J connectivity index is 2.22. The molecular formula is C19H17NO3. The maximum atomic E-state index is 12.1. The molecule has 1 heterocycles. The summed E-state index contributed by atoms with van der Waals surface area (Å²) in [5, 5.41) is 0. The fraction of sp³-hybridized carbons (Fsp3) is 0.158. The molecule has 1 aliphatic rings. The molecule has 0 atom stereocenters. The van der Waals surface area contributed by atoms with Crippen LogP contribution < -0.4 is 5.73 Å². The minimum Gasteiger partial charge on any atom is -0.441 e. The molecule has 2 N–H and O–H groups in total. The molecular weight excluding hydrogens is 290 g/mol. The maximum Gasteiger partial charge on any atom is 0.345 e. The number of carbonyl (C=O) groups excluding carboxylic acids is 2. The average molecular weight is 307 g/mol. The molecule has 1 amide bonds. The van der Waals surface area contributed by atoms with Gasteiger partial charge in [-0.15, -0.1) is 0 Å². The van der Waals surface area contributed by atoms with E-state index in [1.807, 2.05) is 62.4 Å². The number of amides is 1. The molecule has 116 valence electrons. The second kappa shape index (κ2) is 5.39. The summed E-state index contributed by atoms with van der Waals surface area (Å²) in [6, 6.07) is 15.3. The Kier molecular flexibility index (Phi) is 3.52. The van der Waals surface area contributed by atoms with Crippen LogP contribution in [-0.4, -0.2) is 11.9 Å². The van der Waals surface area contributed by atoms with E-state index in [1.54, 1.807) is 0 Å². The first-order chi connectivity index (χ1) is 10.9. The third-order valence-electron chi connectivity index (χ3n) is 4.05. The van der Waals surface area contributed by atoms with Gasteiger partial charge in [-0.2, -0.15) is 0 Å². The highest BCUT2D eigenvalue weighted by molar-refractivity contribution is 6.17. The van der Waals surface area contributed by atoms with Crippen LogP contribution in [0, 0.1) is 13.8 Å². The van der Waals surface area contributed by atoms with E-state index in [1.165, 1.54) is 6.08 Å². The Bertz CT molecular complexity index is 756. The monoisotopic (exact) mass is 307 g/mol. The van der Waals surface area contributed by atoms with Crippen molar-refractivity contribution >= 4 is 11.9 Å². The van der Waals surface area contributed by atoms with E-state index in [4.69, 9.17) is 10.5 Å². The molecule has 0 aromatic heterocycles. The normalized spacial score (nSPS) is 15.9. The standard InChI is InChI=1S/C19H17NO3/c1-12-3-7-14(8-4-12)19(15-9-5-13(2)6-10-15)11-16(17(20)21)18(22)23-19/h3-11H,1-2H3,(H2,20,21). The van der Waals surface area contributed by atoms with Crippen molar-refractivity contribution in [2.24, 2.45) is 5.73 Å². The fourth-order valence-electron chi connectivity index (χ4n) is 2.72. The Morgan fingerprint density at radius 2 is 1.35 bits per heavy atom. The molecule has 0 unspecified atom stereocenters. The van der Waals surface area contributed by atoms with Crippen molar-refractivity contribution in [1.82, 2.24) is 0 Å². The Morgan fingerprint density at radius 3 is 1.70 bits per heavy atom. The number of rotatable bonds is 3. The number of esters is 1. The van der Waals surface area contributed by atoms with Crippen LogP contribution in [0.15, 0.2) is 60.2 Å². The second-order valence-electron chi connectivity index (χ2n) is 5.78. The van der Waals surface area contributed by atoms with Gasteiger partial charge < -0.3 is 10.5 Å². The van der Waals surface area contributed by atoms with Crippen molar-refractivity contribution < 1.29 is 14.3 Å². The summed E-state index contributed by atoms with van der Waals surface area (Å²) in [5.74, 6) is -1.48. The Hall–Kier alpha value is -2.88. The molecule has 0 fully saturated rings. The van der Waals surface area contributed by atoms with Gasteiger partial charge in [0.1, 0.15) is 5.57 Å². The van der Waals surface area contributed by atoms with Crippen LogP contribution in [0.2, 0.25) is 0 Å². The fourth-order valence-corrected chi connectivity index (χ4v) is 2.72. The Labute approximate surface area is 134 Å². The van der Waals surface area contributed by atoms with E-state index in [0.29, 0.717) is 0 Å². The van der Waals surface area contributed by atoms with E-state index >= 15 is 0 Å². The van der Waals surface area contributed by atoms with Gasteiger partial charge >= 0.3 is 5.97 Å². The van der Waals surface area contributed by atoms with Crippen molar-refractivity contribution in [3.05, 3.63) is 82.4 Å². The zero-order chi connectivity index (χ0) is 16.6. The van der Waals surface area contributed by atoms with E-state index < -0.39 is 17.5 Å². The van der Waals surface area contributed by atoms with Crippen LogP contribution in [0.25, 0.3) is 0 Å². The van der Waals surface area contributed by atoms with Crippen LogP contribution in [0.3, 0.4) is 0 Å². The SMILES string of the molecule is Cc1ccc(C2(c3ccc(C)cc3)C=C(C(N)=O)C(=O)O2)cc1. The minimum absolute atomic E-state index is 0.119. The van der Waals surface area contributed by atoms with Crippen LogP contribution in [0.1, 0.15) is 22.3 Å². The summed E-state index contributed by atoms with van der Waals surface area (Å²) in [4.78, 5) is 23.6. The third-order valence-corrected chi connectivity index (χ3v) is 4.05. The molecule has 0 spiro atoms. The molecule has 23 heavy (non-hydrogen) atoms. The zero-order valence-corrected chi connectivity index (χ0v) is 13.0. The molecule has 0 saturated carbocycles. The Morgan fingerprint density at radius 1 is 0.913 bits per heavy atom. The molecule has 1 aliphatic heterocycles. The van der Waals surface area contributed by atoms with Gasteiger partial charge in [-0.25, -0.2) is 4.79 Å². The largest absolute Gasteiger partial charge is 0.441 e. The number of primary amides is 1. The predicted octanol–water partition coefficient (Wildman–Crippen LogP) is 2.52. The lowest BCUT2D eigenvalue weighted by atomic mass is 9.85. The van der Waals surface area contributed by atoms with E-state index in [-0.39, 0.29) is 5.57 Å². The van der Waals surface area contributed by atoms with Crippen molar-refractivity contribution in [2.75, 3.05) is 0 Å². The van der Waals surface area contributed by atoms with Crippen LogP contribution in [0.4, 0.5) is 0 Å². The van der Waals surface area contributed by atoms with Gasteiger partial charge in [0.25, 0.3) is 5.91 Å².